The first kappa shape index (κ1) is 33.9. The van der Waals surface area contributed by atoms with Crippen molar-refractivity contribution in [1.82, 2.24) is 19.0 Å². The number of hydrogen-bond acceptors (Lipinski definition) is 5. The van der Waals surface area contributed by atoms with Crippen LogP contribution in [0.25, 0.3) is 27.7 Å². The molecule has 0 unspecified atom stereocenters. The van der Waals surface area contributed by atoms with Crippen LogP contribution in [0, 0.1) is 13.5 Å². The third-order valence-corrected chi connectivity index (χ3v) is 8.70. The van der Waals surface area contributed by atoms with E-state index in [-0.39, 0.29) is 22.3 Å². The van der Waals surface area contributed by atoms with Crippen molar-refractivity contribution < 1.29 is 35.5 Å². The predicted molar refractivity (Wildman–Crippen MR) is 168 cm³/mol. The topological polar surface area (TPSA) is 126 Å². The Balaban J connectivity index is 0.000000387. The maximum atomic E-state index is 13.8. The van der Waals surface area contributed by atoms with Gasteiger partial charge in [-0.15, -0.1) is 0 Å². The zero-order valence-electron chi connectivity index (χ0n) is 25.7. The van der Waals surface area contributed by atoms with Gasteiger partial charge >= 0.3 is 23.7 Å². The molecule has 1 fully saturated rings. The maximum absolute atomic E-state index is 13.8. The van der Waals surface area contributed by atoms with Gasteiger partial charge in [-0.05, 0) is 68.7 Å². The molecule has 0 radical (unpaired) electrons. The minimum absolute atomic E-state index is 0.000869. The molecule has 15 heteroatoms. The van der Waals surface area contributed by atoms with Crippen molar-refractivity contribution >= 4 is 21.8 Å². The molecule has 1 N–H and O–H groups in total. The summed E-state index contributed by atoms with van der Waals surface area (Å²) >= 11 is 0. The number of benzene rings is 3. The van der Waals surface area contributed by atoms with Crippen LogP contribution in [0.15, 0.2) is 101 Å². The van der Waals surface area contributed by atoms with Gasteiger partial charge in [0.1, 0.15) is 28.2 Å². The van der Waals surface area contributed by atoms with E-state index in [9.17, 15) is 35.7 Å². The Hall–Kier alpha value is -5.46. The highest BCUT2D eigenvalue weighted by Gasteiger charge is 2.35. The lowest BCUT2D eigenvalue weighted by atomic mass is 9.93. The van der Waals surface area contributed by atoms with E-state index in [1.165, 1.54) is 36.4 Å². The molecular formula is C33H29F3N6O5S. The van der Waals surface area contributed by atoms with Gasteiger partial charge in [0.2, 0.25) is 0 Å². The molecule has 1 saturated carbocycles. The Kier molecular flexibility index (Phi) is 9.42. The van der Waals surface area contributed by atoms with Gasteiger partial charge in [0.15, 0.2) is 11.4 Å². The number of carbonyl (C=O) groups is 1. The average molecular weight is 679 g/mol. The van der Waals surface area contributed by atoms with Crippen molar-refractivity contribution in [2.24, 2.45) is 7.05 Å². The Morgan fingerprint density at radius 1 is 1.02 bits per heavy atom. The molecule has 0 aliphatic heterocycles. The SMILES string of the molecule is O=S(=O)([O-])c1ccccc1.[C-]#[N+]c1ccc(-n2cc[n+](C)c2-c2c(C)n(-c3cccc(C(F)(F)F)c3)c(=O)n2C(=O)NC2CCC2)cc1. The predicted octanol–water partition coefficient (Wildman–Crippen LogP) is 5.50. The molecule has 3 aromatic carbocycles. The molecule has 1 amide bonds. The number of imidazole rings is 2. The monoisotopic (exact) mass is 678 g/mol. The smallest absolute Gasteiger partial charge is 0.416 e. The van der Waals surface area contributed by atoms with E-state index in [1.807, 2.05) is 0 Å². The van der Waals surface area contributed by atoms with Crippen molar-refractivity contribution in [1.29, 1.82) is 0 Å². The number of hydrogen-bond donors (Lipinski definition) is 1. The third-order valence-electron chi connectivity index (χ3n) is 7.85. The van der Waals surface area contributed by atoms with E-state index in [1.54, 1.807) is 65.8 Å². The van der Waals surface area contributed by atoms with Crippen LogP contribution >= 0.6 is 0 Å². The third kappa shape index (κ3) is 6.94. The molecular weight excluding hydrogens is 649 g/mol. The average Bonchev–Trinajstić information content (AvgIpc) is 3.53. The first-order chi connectivity index (χ1) is 22.7. The van der Waals surface area contributed by atoms with Crippen LogP contribution in [0.2, 0.25) is 0 Å². The molecule has 0 saturated heterocycles. The lowest BCUT2D eigenvalue weighted by molar-refractivity contribution is -0.659. The summed E-state index contributed by atoms with van der Waals surface area (Å²) in [6.07, 6.45) is 1.45. The molecule has 6 rings (SSSR count). The van der Waals surface area contributed by atoms with Gasteiger partial charge < -0.3 is 9.87 Å². The minimum atomic E-state index is -4.60. The van der Waals surface area contributed by atoms with E-state index >= 15 is 0 Å². The van der Waals surface area contributed by atoms with Crippen LogP contribution in [0.3, 0.4) is 0 Å². The molecule has 0 bridgehead atoms. The van der Waals surface area contributed by atoms with Crippen LogP contribution < -0.4 is 15.6 Å². The van der Waals surface area contributed by atoms with Crippen molar-refractivity contribution in [2.75, 3.05) is 0 Å². The van der Waals surface area contributed by atoms with Gasteiger partial charge in [0.25, 0.3) is 0 Å². The summed E-state index contributed by atoms with van der Waals surface area (Å²) in [6, 6.07) is 17.8. The van der Waals surface area contributed by atoms with E-state index in [2.05, 4.69) is 10.2 Å². The molecule has 0 atom stereocenters. The van der Waals surface area contributed by atoms with Crippen LogP contribution in [0.4, 0.5) is 23.7 Å². The first-order valence-corrected chi connectivity index (χ1v) is 16.0. The molecule has 48 heavy (non-hydrogen) atoms. The van der Waals surface area contributed by atoms with Gasteiger partial charge in [-0.1, -0.05) is 36.4 Å². The second-order valence-corrected chi connectivity index (χ2v) is 12.4. The summed E-state index contributed by atoms with van der Waals surface area (Å²) in [6.45, 7) is 8.80. The van der Waals surface area contributed by atoms with Crippen molar-refractivity contribution in [3.8, 4) is 22.9 Å². The minimum Gasteiger partial charge on any atom is -0.744 e. The highest BCUT2D eigenvalue weighted by Crippen LogP contribution is 2.32. The number of nitrogens with zero attached hydrogens (tertiary/aromatic N) is 5. The molecule has 1 aliphatic rings. The normalized spacial score (nSPS) is 13.2. The lowest BCUT2D eigenvalue weighted by Gasteiger charge is -2.26. The van der Waals surface area contributed by atoms with Crippen LogP contribution in [-0.2, 0) is 23.3 Å². The quantitative estimate of drug-likeness (QED) is 0.149. The van der Waals surface area contributed by atoms with E-state index in [0.717, 1.165) is 40.5 Å². The number of aromatic nitrogens is 4. The summed E-state index contributed by atoms with van der Waals surface area (Å²) in [5, 5.41) is 2.88. The fraction of sp³-hybridized carbons (Fsp3) is 0.212. The Labute approximate surface area is 273 Å². The summed E-state index contributed by atoms with van der Waals surface area (Å²) in [5.41, 5.74) is -0.000411. The second-order valence-electron chi connectivity index (χ2n) is 11.0. The van der Waals surface area contributed by atoms with Crippen molar-refractivity contribution in [2.45, 2.75) is 43.3 Å². The largest absolute Gasteiger partial charge is 0.744 e. The highest BCUT2D eigenvalue weighted by molar-refractivity contribution is 7.85. The fourth-order valence-corrected chi connectivity index (χ4v) is 5.71. The van der Waals surface area contributed by atoms with Crippen molar-refractivity contribution in [3.05, 3.63) is 124 Å². The second kappa shape index (κ2) is 13.3. The van der Waals surface area contributed by atoms with Gasteiger partial charge in [-0.2, -0.15) is 17.7 Å². The molecule has 5 aromatic rings. The van der Waals surface area contributed by atoms with Crippen LogP contribution in [0.5, 0.6) is 0 Å². The highest BCUT2D eigenvalue weighted by atomic mass is 32.2. The standard InChI is InChI=1S/C27H23F3N6O2.C6H6O3S/c1-17-23(24-33(3)14-15-34(24)21-12-10-19(31-2)11-13-21)36(25(37)32-20-7-5-8-20)26(38)35(17)22-9-4-6-18(16-22)27(28,29)30;7-10(8,9)6-4-2-1-3-5-6/h4,6,9-16,20H,5,7-8H2,1,3H3;1-5H,(H,7,8,9). The number of aryl methyl sites for hydroxylation is 1. The molecule has 2 aromatic heterocycles. The number of nitrogens with one attached hydrogen (secondary N) is 1. The summed E-state index contributed by atoms with van der Waals surface area (Å²) in [4.78, 5) is 30.5. The summed E-state index contributed by atoms with van der Waals surface area (Å²) < 4.78 is 76.9. The van der Waals surface area contributed by atoms with E-state index in [4.69, 9.17) is 6.57 Å². The van der Waals surface area contributed by atoms with Gasteiger partial charge in [0, 0.05) is 6.04 Å². The number of halogens is 3. The zero-order chi connectivity index (χ0) is 34.8. The summed E-state index contributed by atoms with van der Waals surface area (Å²) in [5.74, 6) is 0.463. The zero-order valence-corrected chi connectivity index (χ0v) is 26.5. The van der Waals surface area contributed by atoms with Gasteiger partial charge in [-0.25, -0.2) is 32.0 Å². The van der Waals surface area contributed by atoms with Crippen LogP contribution in [0.1, 0.15) is 30.5 Å². The number of amides is 1. The van der Waals surface area contributed by atoms with E-state index in [0.29, 0.717) is 22.9 Å². The Morgan fingerprint density at radius 2 is 1.69 bits per heavy atom. The summed E-state index contributed by atoms with van der Waals surface area (Å²) in [7, 11) is -2.50. The first-order valence-electron chi connectivity index (χ1n) is 14.6. The van der Waals surface area contributed by atoms with Gasteiger partial charge in [0.05, 0.1) is 35.5 Å². The lowest BCUT2D eigenvalue weighted by Crippen LogP contribution is -2.45. The molecule has 1 aliphatic carbocycles. The molecule has 0 spiro atoms. The fourth-order valence-electron chi connectivity index (χ4n) is 5.22. The number of carbonyl (C=O) groups excluding carboxylic acids is 1. The van der Waals surface area contributed by atoms with Crippen LogP contribution in [-0.4, -0.2) is 38.7 Å². The Morgan fingerprint density at radius 3 is 2.23 bits per heavy atom. The van der Waals surface area contributed by atoms with Gasteiger partial charge in [-0.3, -0.25) is 4.57 Å². The van der Waals surface area contributed by atoms with E-state index < -0.39 is 33.6 Å². The Bertz CT molecular complexity index is 2180. The number of rotatable bonds is 5. The molecule has 11 nitrogen and oxygen atoms in total. The number of alkyl halides is 3. The molecule has 248 valence electrons. The molecule has 2 heterocycles. The maximum Gasteiger partial charge on any atom is 0.416 e. The van der Waals surface area contributed by atoms with Crippen molar-refractivity contribution in [3.63, 3.8) is 0 Å².